The van der Waals surface area contributed by atoms with E-state index in [9.17, 15) is 22.8 Å². The van der Waals surface area contributed by atoms with Crippen molar-refractivity contribution in [2.24, 2.45) is 0 Å². The molecule has 0 atom stereocenters. The van der Waals surface area contributed by atoms with Gasteiger partial charge in [0.1, 0.15) is 6.07 Å². The monoisotopic (exact) mass is 528 g/mol. The number of nitrogens with one attached hydrogen (secondary N) is 5. The number of H-pyrrole nitrogens is 1. The van der Waals surface area contributed by atoms with E-state index in [1.165, 1.54) is 12.1 Å². The summed E-state index contributed by atoms with van der Waals surface area (Å²) in [5, 5.41) is 20.0. The van der Waals surface area contributed by atoms with Crippen molar-refractivity contribution >= 4 is 52.0 Å². The number of carbonyl (C=O) groups excluding carboxylic acids is 2. The van der Waals surface area contributed by atoms with Gasteiger partial charge in [-0.25, -0.2) is 4.79 Å². The summed E-state index contributed by atoms with van der Waals surface area (Å²) in [4.78, 5) is 27.9. The van der Waals surface area contributed by atoms with Crippen LogP contribution < -0.4 is 21.3 Å². The fourth-order valence-corrected chi connectivity index (χ4v) is 4.04. The van der Waals surface area contributed by atoms with Crippen LogP contribution in [0.15, 0.2) is 79.0 Å². The highest BCUT2D eigenvalue weighted by Crippen LogP contribution is 2.36. The van der Waals surface area contributed by atoms with Crippen LogP contribution in [0.5, 0.6) is 0 Å². The lowest BCUT2D eigenvalue weighted by Crippen LogP contribution is -2.19. The average molecular weight is 528 g/mol. The summed E-state index contributed by atoms with van der Waals surface area (Å²) in [7, 11) is 0. The third kappa shape index (κ3) is 5.75. The standard InChI is InChI=1S/C28H19F3N6O2/c29-28(30,31)17-3-1-4-18(10-17)35-27(39)36-20-6-2-5-19(11-20)34-21-7-8-23-24(26(38)37-25(23)13-21)12-22-9-16(14-32)15-33-22/h1-13,15,33-34H,(H,37,38)(H2,35,36,39)/b24-12-. The zero-order chi connectivity index (χ0) is 27.6. The van der Waals surface area contributed by atoms with Gasteiger partial charge < -0.3 is 26.3 Å². The molecule has 5 N–H and O–H groups in total. The number of fused-ring (bicyclic) bond motifs is 1. The molecule has 194 valence electrons. The first-order valence-electron chi connectivity index (χ1n) is 11.6. The molecule has 0 unspecified atom stereocenters. The van der Waals surface area contributed by atoms with Gasteiger partial charge in [-0.2, -0.15) is 18.4 Å². The normalized spacial score (nSPS) is 13.4. The van der Waals surface area contributed by atoms with Crippen LogP contribution in [0.4, 0.5) is 46.4 Å². The third-order valence-electron chi connectivity index (χ3n) is 5.79. The van der Waals surface area contributed by atoms with Crippen molar-refractivity contribution in [2.45, 2.75) is 6.18 Å². The van der Waals surface area contributed by atoms with E-state index in [0.29, 0.717) is 45.1 Å². The Morgan fingerprint density at radius 2 is 1.59 bits per heavy atom. The molecule has 0 spiro atoms. The van der Waals surface area contributed by atoms with E-state index in [4.69, 9.17) is 5.26 Å². The Bertz CT molecular complexity index is 1670. The summed E-state index contributed by atoms with van der Waals surface area (Å²) in [6.45, 7) is 0. The molecule has 2 heterocycles. The Kier molecular flexibility index (Phi) is 6.52. The molecule has 1 aliphatic heterocycles. The highest BCUT2D eigenvalue weighted by atomic mass is 19.4. The van der Waals surface area contributed by atoms with Crippen molar-refractivity contribution in [2.75, 3.05) is 21.3 Å². The van der Waals surface area contributed by atoms with Crippen LogP contribution in [0.2, 0.25) is 0 Å². The van der Waals surface area contributed by atoms with Crippen molar-refractivity contribution in [3.63, 3.8) is 0 Å². The number of halogens is 3. The Labute approximate surface area is 220 Å². The predicted octanol–water partition coefficient (Wildman–Crippen LogP) is 6.79. The highest BCUT2D eigenvalue weighted by molar-refractivity contribution is 6.35. The van der Waals surface area contributed by atoms with E-state index in [0.717, 1.165) is 12.1 Å². The Balaban J connectivity index is 1.27. The highest BCUT2D eigenvalue weighted by Gasteiger charge is 2.30. The molecule has 0 bridgehead atoms. The number of hydrogen-bond acceptors (Lipinski definition) is 4. The zero-order valence-corrected chi connectivity index (χ0v) is 20.0. The fourth-order valence-electron chi connectivity index (χ4n) is 4.04. The number of hydrogen-bond donors (Lipinski definition) is 5. The Morgan fingerprint density at radius 1 is 0.897 bits per heavy atom. The van der Waals surface area contributed by atoms with Gasteiger partial charge in [-0.15, -0.1) is 0 Å². The van der Waals surface area contributed by atoms with Crippen LogP contribution >= 0.6 is 0 Å². The number of alkyl halides is 3. The first-order chi connectivity index (χ1) is 18.7. The fraction of sp³-hybridized carbons (Fsp3) is 0.0357. The summed E-state index contributed by atoms with van der Waals surface area (Å²) in [6, 6.07) is 19.4. The van der Waals surface area contributed by atoms with Crippen molar-refractivity contribution in [3.05, 3.63) is 101 Å². The topological polar surface area (TPSA) is 122 Å². The van der Waals surface area contributed by atoms with Gasteiger partial charge in [0, 0.05) is 40.2 Å². The quantitative estimate of drug-likeness (QED) is 0.183. The van der Waals surface area contributed by atoms with E-state index in [1.54, 1.807) is 60.8 Å². The van der Waals surface area contributed by atoms with Crippen LogP contribution in [0.3, 0.4) is 0 Å². The Hall–Kier alpha value is -5.50. The van der Waals surface area contributed by atoms with Gasteiger partial charge in [0.05, 0.1) is 22.4 Å². The minimum absolute atomic E-state index is 0.00646. The van der Waals surface area contributed by atoms with Crippen molar-refractivity contribution in [1.29, 1.82) is 5.26 Å². The lowest BCUT2D eigenvalue weighted by atomic mass is 10.1. The second kappa shape index (κ2) is 10.1. The molecule has 1 aromatic heterocycles. The van der Waals surface area contributed by atoms with Crippen molar-refractivity contribution in [1.82, 2.24) is 4.98 Å². The van der Waals surface area contributed by atoms with Crippen LogP contribution in [-0.4, -0.2) is 16.9 Å². The molecule has 0 radical (unpaired) electrons. The number of nitrogens with zero attached hydrogens (tertiary/aromatic N) is 1. The lowest BCUT2D eigenvalue weighted by molar-refractivity contribution is -0.137. The van der Waals surface area contributed by atoms with Gasteiger partial charge in [0.2, 0.25) is 0 Å². The second-order valence-corrected chi connectivity index (χ2v) is 8.59. The smallest absolute Gasteiger partial charge is 0.360 e. The molecule has 0 saturated carbocycles. The number of benzene rings is 3. The third-order valence-corrected chi connectivity index (χ3v) is 5.79. The summed E-state index contributed by atoms with van der Waals surface area (Å²) in [5.74, 6) is -0.270. The van der Waals surface area contributed by atoms with Crippen molar-refractivity contribution < 1.29 is 22.8 Å². The number of anilines is 5. The number of rotatable bonds is 5. The summed E-state index contributed by atoms with van der Waals surface area (Å²) >= 11 is 0. The number of nitriles is 1. The first-order valence-corrected chi connectivity index (χ1v) is 11.6. The molecule has 11 heteroatoms. The van der Waals surface area contributed by atoms with Gasteiger partial charge in [-0.05, 0) is 60.7 Å². The molecule has 0 fully saturated rings. The molecular formula is C28H19F3N6O2. The number of urea groups is 1. The maximum absolute atomic E-state index is 12.9. The lowest BCUT2D eigenvalue weighted by Gasteiger charge is -2.12. The molecule has 5 rings (SSSR count). The van der Waals surface area contributed by atoms with E-state index in [1.807, 2.05) is 6.07 Å². The molecule has 1 aliphatic rings. The SMILES string of the molecule is N#Cc1c[nH]c(/C=C2\C(=O)Nc3cc(Nc4cccc(NC(=O)Nc5cccc(C(F)(F)F)c5)c4)ccc32)c1. The minimum Gasteiger partial charge on any atom is -0.360 e. The number of amides is 3. The minimum atomic E-state index is -4.52. The van der Waals surface area contributed by atoms with Crippen LogP contribution in [-0.2, 0) is 11.0 Å². The van der Waals surface area contributed by atoms with Crippen molar-refractivity contribution in [3.8, 4) is 6.07 Å². The molecule has 0 aliphatic carbocycles. The summed E-state index contributed by atoms with van der Waals surface area (Å²) < 4.78 is 38.8. The van der Waals surface area contributed by atoms with Gasteiger partial charge in [0.15, 0.2) is 0 Å². The predicted molar refractivity (Wildman–Crippen MR) is 142 cm³/mol. The van der Waals surface area contributed by atoms with Crippen LogP contribution in [0.25, 0.3) is 11.6 Å². The average Bonchev–Trinajstić information content (AvgIpc) is 3.47. The van der Waals surface area contributed by atoms with E-state index < -0.39 is 17.8 Å². The largest absolute Gasteiger partial charge is 0.416 e. The molecule has 0 saturated heterocycles. The van der Waals surface area contributed by atoms with Crippen LogP contribution in [0.1, 0.15) is 22.4 Å². The first kappa shape index (κ1) is 25.2. The second-order valence-electron chi connectivity index (χ2n) is 8.59. The molecule has 3 amide bonds. The molecule has 39 heavy (non-hydrogen) atoms. The number of aromatic nitrogens is 1. The molecule has 3 aromatic carbocycles. The number of carbonyl (C=O) groups is 2. The van der Waals surface area contributed by atoms with E-state index >= 15 is 0 Å². The van der Waals surface area contributed by atoms with E-state index in [-0.39, 0.29) is 11.6 Å². The van der Waals surface area contributed by atoms with Gasteiger partial charge in [-0.3, -0.25) is 4.79 Å². The van der Waals surface area contributed by atoms with E-state index in [2.05, 4.69) is 26.3 Å². The summed E-state index contributed by atoms with van der Waals surface area (Å²) in [6.07, 6.45) is -1.28. The van der Waals surface area contributed by atoms with Crippen LogP contribution in [0, 0.1) is 11.3 Å². The van der Waals surface area contributed by atoms with Gasteiger partial charge in [0.25, 0.3) is 5.91 Å². The van der Waals surface area contributed by atoms with Gasteiger partial charge >= 0.3 is 12.2 Å². The summed E-state index contributed by atoms with van der Waals surface area (Å²) in [5.41, 5.74) is 3.73. The zero-order valence-electron chi connectivity index (χ0n) is 20.0. The maximum Gasteiger partial charge on any atom is 0.416 e. The molecule has 8 nitrogen and oxygen atoms in total. The molecular weight excluding hydrogens is 509 g/mol. The molecule has 4 aromatic rings. The Morgan fingerprint density at radius 3 is 2.31 bits per heavy atom. The van der Waals surface area contributed by atoms with Gasteiger partial charge in [-0.1, -0.05) is 18.2 Å². The maximum atomic E-state index is 12.9. The number of aromatic amines is 1.